The van der Waals surface area contributed by atoms with Crippen molar-refractivity contribution < 1.29 is 23.6 Å². The molecule has 2 fully saturated rings. The fraction of sp³-hybridized carbons (Fsp3) is 0.545. The van der Waals surface area contributed by atoms with Gasteiger partial charge in [-0.1, -0.05) is 6.92 Å². The Kier molecular flexibility index (Phi) is 4.91. The van der Waals surface area contributed by atoms with Gasteiger partial charge in [-0.15, -0.1) is 0 Å². The second-order valence-electron chi connectivity index (χ2n) is 8.86. The van der Waals surface area contributed by atoms with Gasteiger partial charge in [-0.2, -0.15) is 0 Å². The minimum atomic E-state index is -0.745. The summed E-state index contributed by atoms with van der Waals surface area (Å²) in [6, 6.07) is 1.75. The maximum atomic E-state index is 15.1. The van der Waals surface area contributed by atoms with Crippen molar-refractivity contribution in [1.82, 2.24) is 10.2 Å². The molecular formula is C22H26FN3O4. The van der Waals surface area contributed by atoms with Crippen LogP contribution in [0.5, 0.6) is 0 Å². The maximum Gasteiger partial charge on any atom is 0.255 e. The van der Waals surface area contributed by atoms with Crippen molar-refractivity contribution in [1.29, 1.82) is 0 Å². The third-order valence-electron chi connectivity index (χ3n) is 6.86. The SMILES string of the molecule is CCN(C[C@@]1(C)CC1C=O)c1cc2c(cc1F)C(C)N(C1CCC(=O)NC1=O)C2=O. The Hall–Kier alpha value is -2.77. The van der Waals surface area contributed by atoms with Crippen molar-refractivity contribution in [2.75, 3.05) is 18.0 Å². The van der Waals surface area contributed by atoms with Gasteiger partial charge in [-0.25, -0.2) is 4.39 Å². The molecule has 1 saturated carbocycles. The summed E-state index contributed by atoms with van der Waals surface area (Å²) >= 11 is 0. The summed E-state index contributed by atoms with van der Waals surface area (Å²) in [5.74, 6) is -1.60. The first kappa shape index (κ1) is 20.5. The third kappa shape index (κ3) is 3.18. The lowest BCUT2D eigenvalue weighted by molar-refractivity contribution is -0.137. The van der Waals surface area contributed by atoms with Gasteiger partial charge < -0.3 is 14.6 Å². The minimum Gasteiger partial charge on any atom is -0.369 e. The van der Waals surface area contributed by atoms with Gasteiger partial charge in [0.25, 0.3) is 5.91 Å². The molecule has 0 aromatic heterocycles. The summed E-state index contributed by atoms with van der Waals surface area (Å²) in [5.41, 5.74) is 1.08. The van der Waals surface area contributed by atoms with Crippen LogP contribution < -0.4 is 10.2 Å². The summed E-state index contributed by atoms with van der Waals surface area (Å²) < 4.78 is 15.1. The number of nitrogens with one attached hydrogen (secondary N) is 1. The van der Waals surface area contributed by atoms with Crippen molar-refractivity contribution in [3.63, 3.8) is 0 Å². The van der Waals surface area contributed by atoms with E-state index in [2.05, 4.69) is 5.32 Å². The number of anilines is 1. The van der Waals surface area contributed by atoms with Crippen LogP contribution in [0.1, 0.15) is 62.0 Å². The number of nitrogens with zero attached hydrogens (tertiary/aromatic N) is 2. The van der Waals surface area contributed by atoms with Crippen molar-refractivity contribution in [2.24, 2.45) is 11.3 Å². The quantitative estimate of drug-likeness (QED) is 0.569. The molecule has 1 aromatic carbocycles. The average molecular weight is 415 g/mol. The van der Waals surface area contributed by atoms with Crippen molar-refractivity contribution in [2.45, 2.75) is 52.1 Å². The molecule has 2 heterocycles. The molecule has 2 aliphatic heterocycles. The first-order valence-corrected chi connectivity index (χ1v) is 10.4. The van der Waals surface area contributed by atoms with Crippen LogP contribution in [0, 0.1) is 17.2 Å². The fourth-order valence-electron chi connectivity index (χ4n) is 4.82. The number of fused-ring (bicyclic) bond motifs is 1. The monoisotopic (exact) mass is 415 g/mol. The number of hydrogen-bond acceptors (Lipinski definition) is 5. The number of rotatable bonds is 6. The lowest BCUT2D eigenvalue weighted by atomic mass is 10.0. The van der Waals surface area contributed by atoms with E-state index in [1.54, 1.807) is 13.0 Å². The van der Waals surface area contributed by atoms with Crippen LogP contribution in [0.25, 0.3) is 0 Å². The second kappa shape index (κ2) is 7.18. The Balaban J connectivity index is 1.63. The van der Waals surface area contributed by atoms with Gasteiger partial charge in [0.05, 0.1) is 11.7 Å². The number of carbonyl (C=O) groups excluding carboxylic acids is 4. The van der Waals surface area contributed by atoms with Crippen LogP contribution in [0.3, 0.4) is 0 Å². The first-order valence-electron chi connectivity index (χ1n) is 10.4. The van der Waals surface area contributed by atoms with E-state index in [0.29, 0.717) is 29.9 Å². The van der Waals surface area contributed by atoms with E-state index in [1.165, 1.54) is 11.0 Å². The summed E-state index contributed by atoms with van der Waals surface area (Å²) in [6.45, 7) is 6.76. The summed E-state index contributed by atoms with van der Waals surface area (Å²) in [7, 11) is 0. The number of imide groups is 1. The standard InChI is InChI=1S/C22H26FN3O4/c1-4-25(11-22(3)9-13(22)10-27)18-8-15-14(7-16(18)23)12(2)26(21(15)30)17-5-6-19(28)24-20(17)29/h7-8,10,12-13,17H,4-6,9,11H2,1-3H3,(H,24,28,29)/t12?,13?,17?,22-/m1/s1. The molecule has 8 heteroatoms. The largest absolute Gasteiger partial charge is 0.369 e. The molecule has 3 unspecified atom stereocenters. The van der Waals surface area contributed by atoms with Crippen LogP contribution in [-0.4, -0.2) is 48.0 Å². The Labute approximate surface area is 174 Å². The molecule has 0 bridgehead atoms. The van der Waals surface area contributed by atoms with Gasteiger partial charge >= 0.3 is 0 Å². The zero-order valence-electron chi connectivity index (χ0n) is 17.4. The Morgan fingerprint density at radius 2 is 2.07 bits per heavy atom. The molecule has 1 saturated heterocycles. The molecule has 1 aliphatic carbocycles. The van der Waals surface area contributed by atoms with Gasteiger partial charge in [0.2, 0.25) is 11.8 Å². The minimum absolute atomic E-state index is 0.0197. The number of benzene rings is 1. The van der Waals surface area contributed by atoms with Gasteiger partial charge in [-0.05, 0) is 49.8 Å². The third-order valence-corrected chi connectivity index (χ3v) is 6.86. The van der Waals surface area contributed by atoms with Crippen LogP contribution in [0.2, 0.25) is 0 Å². The number of amides is 3. The number of carbonyl (C=O) groups is 4. The Morgan fingerprint density at radius 3 is 2.67 bits per heavy atom. The Morgan fingerprint density at radius 1 is 1.33 bits per heavy atom. The van der Waals surface area contributed by atoms with Crippen molar-refractivity contribution >= 4 is 29.7 Å². The average Bonchev–Trinajstić information content (AvgIpc) is 3.30. The molecule has 4 rings (SSSR count). The van der Waals surface area contributed by atoms with Crippen LogP contribution in [-0.2, 0) is 14.4 Å². The zero-order chi connectivity index (χ0) is 21.8. The van der Waals surface area contributed by atoms with Gasteiger partial charge in [-0.3, -0.25) is 19.7 Å². The molecular weight excluding hydrogens is 389 g/mol. The van der Waals surface area contributed by atoms with Gasteiger partial charge in [0.1, 0.15) is 18.1 Å². The van der Waals surface area contributed by atoms with Crippen molar-refractivity contribution in [3.8, 4) is 0 Å². The van der Waals surface area contributed by atoms with E-state index in [9.17, 15) is 19.2 Å². The highest BCUT2D eigenvalue weighted by molar-refractivity contribution is 6.06. The molecule has 3 aliphatic rings. The summed E-state index contributed by atoms with van der Waals surface area (Å²) in [4.78, 5) is 51.4. The van der Waals surface area contributed by atoms with Crippen LogP contribution in [0.15, 0.2) is 12.1 Å². The summed E-state index contributed by atoms with van der Waals surface area (Å²) in [5, 5.41) is 2.28. The predicted molar refractivity (Wildman–Crippen MR) is 107 cm³/mol. The number of aldehydes is 1. The molecule has 160 valence electrons. The zero-order valence-corrected chi connectivity index (χ0v) is 17.4. The van der Waals surface area contributed by atoms with E-state index in [1.807, 2.05) is 18.7 Å². The van der Waals surface area contributed by atoms with Crippen molar-refractivity contribution in [3.05, 3.63) is 29.1 Å². The van der Waals surface area contributed by atoms with E-state index in [4.69, 9.17) is 0 Å². The molecule has 4 atom stereocenters. The molecule has 30 heavy (non-hydrogen) atoms. The highest BCUT2D eigenvalue weighted by Crippen LogP contribution is 2.52. The van der Waals surface area contributed by atoms with Crippen LogP contribution in [0.4, 0.5) is 10.1 Å². The first-order chi connectivity index (χ1) is 14.2. The highest BCUT2D eigenvalue weighted by atomic mass is 19.1. The normalized spacial score (nSPS) is 30.2. The molecule has 7 nitrogen and oxygen atoms in total. The molecule has 0 spiro atoms. The van der Waals surface area contributed by atoms with E-state index in [0.717, 1.165) is 12.7 Å². The van der Waals surface area contributed by atoms with Gasteiger partial charge in [0, 0.05) is 31.0 Å². The Bertz CT molecular complexity index is 949. The second-order valence-corrected chi connectivity index (χ2v) is 8.86. The van der Waals surface area contributed by atoms with Crippen LogP contribution >= 0.6 is 0 Å². The van der Waals surface area contributed by atoms with Gasteiger partial charge in [0.15, 0.2) is 0 Å². The smallest absolute Gasteiger partial charge is 0.255 e. The van der Waals surface area contributed by atoms with E-state index >= 15 is 4.39 Å². The predicted octanol–water partition coefficient (Wildman–Crippen LogP) is 2.20. The van der Waals surface area contributed by atoms with E-state index in [-0.39, 0.29) is 36.0 Å². The molecule has 3 amide bonds. The summed E-state index contributed by atoms with van der Waals surface area (Å²) in [6.07, 6.45) is 2.16. The lowest BCUT2D eigenvalue weighted by Gasteiger charge is -2.32. The topological polar surface area (TPSA) is 86.8 Å². The number of halogens is 1. The highest BCUT2D eigenvalue weighted by Gasteiger charge is 2.51. The molecule has 1 N–H and O–H groups in total. The number of hydrogen-bond donors (Lipinski definition) is 1. The number of piperidine rings is 1. The van der Waals surface area contributed by atoms with E-state index < -0.39 is 23.8 Å². The lowest BCUT2D eigenvalue weighted by Crippen LogP contribution is -2.53. The maximum absolute atomic E-state index is 15.1. The molecule has 0 radical (unpaired) electrons. The fourth-order valence-corrected chi connectivity index (χ4v) is 4.82. The molecule has 1 aromatic rings.